The van der Waals surface area contributed by atoms with Crippen LogP contribution in [0.25, 0.3) is 0 Å². The third kappa shape index (κ3) is 4.58. The fourth-order valence-electron chi connectivity index (χ4n) is 1.88. The molecule has 1 N–H and O–H groups in total. The smallest absolute Gasteiger partial charge is 0.328 e. The predicted molar refractivity (Wildman–Crippen MR) is 68.9 cm³/mol. The SMILES string of the molecule is COC(=O)C(CC(C)C)NC(=O)C1CCCS1. The molecule has 0 bridgehead atoms. The molecule has 1 aliphatic rings. The fourth-order valence-corrected chi connectivity index (χ4v) is 3.05. The summed E-state index contributed by atoms with van der Waals surface area (Å²) in [6, 6.07) is -0.506. The maximum absolute atomic E-state index is 11.9. The van der Waals surface area contributed by atoms with E-state index in [9.17, 15) is 9.59 Å². The molecular weight excluding hydrogens is 238 g/mol. The van der Waals surface area contributed by atoms with E-state index in [2.05, 4.69) is 5.32 Å². The minimum Gasteiger partial charge on any atom is -0.467 e. The Morgan fingerprint density at radius 1 is 1.47 bits per heavy atom. The van der Waals surface area contributed by atoms with Crippen molar-refractivity contribution in [2.45, 2.75) is 44.4 Å². The van der Waals surface area contributed by atoms with Crippen molar-refractivity contribution in [3.05, 3.63) is 0 Å². The van der Waals surface area contributed by atoms with E-state index in [0.717, 1.165) is 18.6 Å². The average molecular weight is 259 g/mol. The molecule has 1 amide bonds. The maximum atomic E-state index is 11.9. The van der Waals surface area contributed by atoms with Crippen LogP contribution in [-0.4, -0.2) is 36.0 Å². The van der Waals surface area contributed by atoms with Crippen LogP contribution in [-0.2, 0) is 14.3 Å². The monoisotopic (exact) mass is 259 g/mol. The van der Waals surface area contributed by atoms with Crippen LogP contribution in [0.1, 0.15) is 33.1 Å². The summed E-state index contributed by atoms with van der Waals surface area (Å²) in [4.78, 5) is 23.5. The zero-order valence-corrected chi connectivity index (χ0v) is 11.5. The number of ether oxygens (including phenoxy) is 1. The highest BCUT2D eigenvalue weighted by atomic mass is 32.2. The van der Waals surface area contributed by atoms with Crippen LogP contribution in [0.2, 0.25) is 0 Å². The van der Waals surface area contributed by atoms with Gasteiger partial charge in [0.2, 0.25) is 5.91 Å². The van der Waals surface area contributed by atoms with Gasteiger partial charge < -0.3 is 10.1 Å². The van der Waals surface area contributed by atoms with Crippen LogP contribution in [0, 0.1) is 5.92 Å². The molecule has 1 saturated heterocycles. The first kappa shape index (κ1) is 14.4. The predicted octanol–water partition coefficient (Wildman–Crippen LogP) is 1.59. The summed E-state index contributed by atoms with van der Waals surface area (Å²) in [5.74, 6) is 1.000. The Labute approximate surface area is 107 Å². The van der Waals surface area contributed by atoms with Gasteiger partial charge in [0.25, 0.3) is 0 Å². The van der Waals surface area contributed by atoms with E-state index in [1.165, 1.54) is 7.11 Å². The summed E-state index contributed by atoms with van der Waals surface area (Å²) in [5, 5.41) is 2.82. The Kier molecular flexibility index (Phi) is 5.82. The minimum atomic E-state index is -0.506. The van der Waals surface area contributed by atoms with Gasteiger partial charge in [0.05, 0.1) is 12.4 Å². The Balaban J connectivity index is 2.52. The molecule has 1 heterocycles. The molecule has 1 fully saturated rings. The van der Waals surface area contributed by atoms with Gasteiger partial charge in [-0.25, -0.2) is 4.79 Å². The third-order valence-corrected chi connectivity index (χ3v) is 4.11. The van der Waals surface area contributed by atoms with Crippen molar-refractivity contribution < 1.29 is 14.3 Å². The first-order valence-corrected chi connectivity index (χ1v) is 7.09. The lowest BCUT2D eigenvalue weighted by Crippen LogP contribution is -2.45. The molecule has 1 rings (SSSR count). The third-order valence-electron chi connectivity index (χ3n) is 2.73. The quantitative estimate of drug-likeness (QED) is 0.762. The number of hydrogen-bond acceptors (Lipinski definition) is 4. The van der Waals surface area contributed by atoms with Gasteiger partial charge >= 0.3 is 5.97 Å². The molecule has 1 aliphatic heterocycles. The van der Waals surface area contributed by atoms with Gasteiger partial charge in [-0.1, -0.05) is 13.8 Å². The molecule has 4 nitrogen and oxygen atoms in total. The molecule has 0 radical (unpaired) electrons. The van der Waals surface area contributed by atoms with Gasteiger partial charge in [0.15, 0.2) is 0 Å². The van der Waals surface area contributed by atoms with Crippen LogP contribution in [0.5, 0.6) is 0 Å². The molecule has 98 valence electrons. The first-order chi connectivity index (χ1) is 8.04. The molecule has 0 aliphatic carbocycles. The van der Waals surface area contributed by atoms with Crippen LogP contribution in [0.15, 0.2) is 0 Å². The standard InChI is InChI=1S/C12H21NO3S/c1-8(2)7-9(12(15)16-3)13-11(14)10-5-4-6-17-10/h8-10H,4-7H2,1-3H3,(H,13,14). The van der Waals surface area contributed by atoms with Gasteiger partial charge in [0, 0.05) is 0 Å². The van der Waals surface area contributed by atoms with Gasteiger partial charge in [-0.15, -0.1) is 11.8 Å². The van der Waals surface area contributed by atoms with E-state index < -0.39 is 6.04 Å². The van der Waals surface area contributed by atoms with Crippen molar-refractivity contribution >= 4 is 23.6 Å². The fraction of sp³-hybridized carbons (Fsp3) is 0.833. The zero-order chi connectivity index (χ0) is 12.8. The summed E-state index contributed by atoms with van der Waals surface area (Å²) in [6.45, 7) is 4.04. The van der Waals surface area contributed by atoms with Crippen molar-refractivity contribution in [1.29, 1.82) is 0 Å². The lowest BCUT2D eigenvalue weighted by molar-refractivity contribution is -0.145. The molecule has 0 aromatic heterocycles. The number of rotatable bonds is 5. The van der Waals surface area contributed by atoms with E-state index in [4.69, 9.17) is 4.74 Å². The highest BCUT2D eigenvalue weighted by Crippen LogP contribution is 2.26. The summed E-state index contributed by atoms with van der Waals surface area (Å²) < 4.78 is 4.72. The second-order valence-electron chi connectivity index (χ2n) is 4.72. The molecule has 2 unspecified atom stereocenters. The molecule has 0 aromatic carbocycles. The normalized spacial score (nSPS) is 21.3. The van der Waals surface area contributed by atoms with Gasteiger partial charge in [-0.3, -0.25) is 4.79 Å². The van der Waals surface area contributed by atoms with Crippen LogP contribution in [0.3, 0.4) is 0 Å². The maximum Gasteiger partial charge on any atom is 0.328 e. The Morgan fingerprint density at radius 2 is 2.18 bits per heavy atom. The van der Waals surface area contributed by atoms with Gasteiger partial charge in [-0.2, -0.15) is 0 Å². The van der Waals surface area contributed by atoms with Gasteiger partial charge in [-0.05, 0) is 30.9 Å². The first-order valence-electron chi connectivity index (χ1n) is 6.04. The highest BCUT2D eigenvalue weighted by Gasteiger charge is 2.28. The number of hydrogen-bond donors (Lipinski definition) is 1. The Hall–Kier alpha value is -0.710. The van der Waals surface area contributed by atoms with E-state index in [1.54, 1.807) is 11.8 Å². The molecular formula is C12H21NO3S. The van der Waals surface area contributed by atoms with Crippen LogP contribution < -0.4 is 5.32 Å². The van der Waals surface area contributed by atoms with E-state index in [-0.39, 0.29) is 17.1 Å². The summed E-state index contributed by atoms with van der Waals surface area (Å²) in [5.41, 5.74) is 0. The number of nitrogens with one attached hydrogen (secondary N) is 1. The number of amides is 1. The number of carbonyl (C=O) groups is 2. The lowest BCUT2D eigenvalue weighted by atomic mass is 10.0. The molecule has 2 atom stereocenters. The van der Waals surface area contributed by atoms with E-state index >= 15 is 0 Å². The second kappa shape index (κ2) is 6.89. The molecule has 0 aromatic rings. The molecule has 0 spiro atoms. The van der Waals surface area contributed by atoms with E-state index in [1.807, 2.05) is 13.8 Å². The largest absolute Gasteiger partial charge is 0.467 e. The van der Waals surface area contributed by atoms with Gasteiger partial charge in [0.1, 0.15) is 6.04 Å². The van der Waals surface area contributed by atoms with Crippen molar-refractivity contribution in [3.63, 3.8) is 0 Å². The van der Waals surface area contributed by atoms with Crippen molar-refractivity contribution in [1.82, 2.24) is 5.32 Å². The Bertz CT molecular complexity index is 275. The number of thioether (sulfide) groups is 1. The summed E-state index contributed by atoms with van der Waals surface area (Å²) >= 11 is 1.67. The topological polar surface area (TPSA) is 55.4 Å². The Morgan fingerprint density at radius 3 is 2.65 bits per heavy atom. The van der Waals surface area contributed by atoms with Crippen LogP contribution >= 0.6 is 11.8 Å². The van der Waals surface area contributed by atoms with Crippen LogP contribution in [0.4, 0.5) is 0 Å². The number of esters is 1. The molecule has 17 heavy (non-hydrogen) atoms. The minimum absolute atomic E-state index is 0.00863. The van der Waals surface area contributed by atoms with E-state index in [0.29, 0.717) is 12.3 Å². The number of carbonyl (C=O) groups excluding carboxylic acids is 2. The average Bonchev–Trinajstić information content (AvgIpc) is 2.79. The second-order valence-corrected chi connectivity index (χ2v) is 6.03. The van der Waals surface area contributed by atoms with Crippen molar-refractivity contribution in [3.8, 4) is 0 Å². The molecule has 0 saturated carbocycles. The summed E-state index contributed by atoms with van der Waals surface area (Å²) in [6.07, 6.45) is 2.61. The zero-order valence-electron chi connectivity index (χ0n) is 10.7. The lowest BCUT2D eigenvalue weighted by Gasteiger charge is -2.20. The van der Waals surface area contributed by atoms with Crippen molar-refractivity contribution in [2.24, 2.45) is 5.92 Å². The molecule has 5 heteroatoms. The number of methoxy groups -OCH3 is 1. The van der Waals surface area contributed by atoms with Crippen molar-refractivity contribution in [2.75, 3.05) is 12.9 Å². The highest BCUT2D eigenvalue weighted by molar-refractivity contribution is 8.00. The summed E-state index contributed by atoms with van der Waals surface area (Å²) in [7, 11) is 1.35.